The number of H-pyrrole nitrogens is 1. The fraction of sp³-hybridized carbons (Fsp3) is 0.0909. The van der Waals surface area contributed by atoms with Crippen LogP contribution in [0.5, 0.6) is 11.5 Å². The van der Waals surface area contributed by atoms with Gasteiger partial charge in [0.2, 0.25) is 10.0 Å². The van der Waals surface area contributed by atoms with Crippen LogP contribution in [0.1, 0.15) is 15.9 Å². The van der Waals surface area contributed by atoms with Gasteiger partial charge in [0.15, 0.2) is 17.3 Å². The third-order valence-electron chi connectivity index (χ3n) is 4.95. The molecule has 0 unspecified atom stereocenters. The van der Waals surface area contributed by atoms with E-state index in [1.165, 1.54) is 24.4 Å². The minimum absolute atomic E-state index is 0.0738. The lowest BCUT2D eigenvalue weighted by atomic mass is 10.00. The van der Waals surface area contributed by atoms with Crippen LogP contribution in [0.3, 0.4) is 0 Å². The molecule has 8 nitrogen and oxygen atoms in total. The molecule has 0 amide bonds. The van der Waals surface area contributed by atoms with Gasteiger partial charge in [0, 0.05) is 34.6 Å². The predicted molar refractivity (Wildman–Crippen MR) is 116 cm³/mol. The molecule has 33 heavy (non-hydrogen) atoms. The van der Waals surface area contributed by atoms with Gasteiger partial charge in [-0.25, -0.2) is 13.4 Å². The number of aromatic nitrogens is 2. The number of fused-ring (bicyclic) bond motifs is 2. The number of nitrogens with zero attached hydrogens (tertiary/aromatic N) is 1. The number of hydrogen-bond acceptors (Lipinski definition) is 6. The van der Waals surface area contributed by atoms with E-state index in [4.69, 9.17) is 0 Å². The fourth-order valence-electron chi connectivity index (χ4n) is 3.62. The molecule has 1 aliphatic heterocycles. The zero-order chi connectivity index (χ0) is 23.4. The van der Waals surface area contributed by atoms with Gasteiger partial charge < -0.3 is 14.5 Å². The molecule has 4 aromatic rings. The van der Waals surface area contributed by atoms with E-state index >= 15 is 0 Å². The Balaban J connectivity index is 1.55. The first kappa shape index (κ1) is 20.9. The lowest BCUT2D eigenvalue weighted by Crippen LogP contribution is -2.26. The van der Waals surface area contributed by atoms with Crippen molar-refractivity contribution in [3.05, 3.63) is 72.1 Å². The molecular weight excluding hydrogens is 456 g/mol. The molecule has 0 saturated heterocycles. The SMILES string of the molecule is CS(=O)(=O)Nc1cccc(-c2cnc3[nH]cc(C(=O)c4cccc5c4OC(F)(F)O5)c3c2)c1. The zero-order valence-electron chi connectivity index (χ0n) is 16.9. The van der Waals surface area contributed by atoms with E-state index in [2.05, 4.69) is 24.2 Å². The molecule has 3 heterocycles. The Hall–Kier alpha value is -3.99. The average Bonchev–Trinajstić information content (AvgIpc) is 3.30. The second-order valence-electron chi connectivity index (χ2n) is 7.41. The third kappa shape index (κ3) is 3.98. The maximum absolute atomic E-state index is 13.5. The molecular formula is C22H15F2N3O5S. The molecule has 11 heteroatoms. The first-order valence-corrected chi connectivity index (χ1v) is 11.5. The Morgan fingerprint density at radius 3 is 2.64 bits per heavy atom. The number of hydrogen-bond donors (Lipinski definition) is 2. The number of carbonyl (C=O) groups excluding carboxylic acids is 1. The quantitative estimate of drug-likeness (QED) is 0.423. The summed E-state index contributed by atoms with van der Waals surface area (Å²) < 4.78 is 61.5. The zero-order valence-corrected chi connectivity index (χ0v) is 17.7. The predicted octanol–water partition coefficient (Wildman–Crippen LogP) is 4.15. The molecule has 0 aliphatic carbocycles. The van der Waals surface area contributed by atoms with Gasteiger partial charge in [-0.1, -0.05) is 18.2 Å². The number of aromatic amines is 1. The number of halogens is 2. The number of anilines is 1. The van der Waals surface area contributed by atoms with Crippen LogP contribution in [-0.4, -0.2) is 36.7 Å². The molecule has 0 fully saturated rings. The van der Waals surface area contributed by atoms with Crippen molar-refractivity contribution >= 4 is 32.5 Å². The average molecular weight is 471 g/mol. The number of pyridine rings is 1. The van der Waals surface area contributed by atoms with E-state index in [-0.39, 0.29) is 22.6 Å². The number of alkyl halides is 2. The van der Waals surface area contributed by atoms with Gasteiger partial charge in [0.05, 0.1) is 11.8 Å². The van der Waals surface area contributed by atoms with Crippen molar-refractivity contribution in [3.8, 4) is 22.6 Å². The van der Waals surface area contributed by atoms with Gasteiger partial charge in [-0.3, -0.25) is 9.52 Å². The maximum atomic E-state index is 13.5. The highest BCUT2D eigenvalue weighted by Gasteiger charge is 2.45. The van der Waals surface area contributed by atoms with E-state index in [9.17, 15) is 22.0 Å². The highest BCUT2D eigenvalue weighted by molar-refractivity contribution is 7.92. The van der Waals surface area contributed by atoms with Crippen LogP contribution in [0, 0.1) is 0 Å². The van der Waals surface area contributed by atoms with Gasteiger partial charge in [-0.05, 0) is 35.9 Å². The van der Waals surface area contributed by atoms with E-state index in [1.807, 2.05) is 0 Å². The molecule has 5 rings (SSSR count). The molecule has 0 radical (unpaired) electrons. The molecule has 0 atom stereocenters. The Kier molecular flexibility index (Phi) is 4.60. The summed E-state index contributed by atoms with van der Waals surface area (Å²) in [7, 11) is -3.45. The minimum atomic E-state index is -3.85. The number of carbonyl (C=O) groups is 1. The number of nitrogens with one attached hydrogen (secondary N) is 2. The van der Waals surface area contributed by atoms with E-state index in [0.717, 1.165) is 6.26 Å². The second kappa shape index (κ2) is 7.27. The monoisotopic (exact) mass is 471 g/mol. The number of ether oxygens (including phenoxy) is 2. The van der Waals surface area contributed by atoms with Crippen molar-refractivity contribution in [3.63, 3.8) is 0 Å². The number of sulfonamides is 1. The van der Waals surface area contributed by atoms with Crippen molar-refractivity contribution in [2.75, 3.05) is 11.0 Å². The minimum Gasteiger partial charge on any atom is -0.395 e. The fourth-order valence-corrected chi connectivity index (χ4v) is 4.17. The summed E-state index contributed by atoms with van der Waals surface area (Å²) in [6, 6.07) is 12.5. The normalized spacial score (nSPS) is 14.4. The van der Waals surface area contributed by atoms with Crippen molar-refractivity contribution in [1.29, 1.82) is 0 Å². The molecule has 168 valence electrons. The Morgan fingerprint density at radius 1 is 1.06 bits per heavy atom. The molecule has 0 bridgehead atoms. The smallest absolute Gasteiger partial charge is 0.395 e. The maximum Gasteiger partial charge on any atom is 0.586 e. The van der Waals surface area contributed by atoms with Crippen LogP contribution in [0.2, 0.25) is 0 Å². The topological polar surface area (TPSA) is 110 Å². The van der Waals surface area contributed by atoms with Gasteiger partial charge in [-0.15, -0.1) is 8.78 Å². The first-order chi connectivity index (χ1) is 15.6. The van der Waals surface area contributed by atoms with E-state index < -0.39 is 22.1 Å². The highest BCUT2D eigenvalue weighted by atomic mass is 32.2. The summed E-state index contributed by atoms with van der Waals surface area (Å²) in [6.07, 6.45) is 0.220. The third-order valence-corrected chi connectivity index (χ3v) is 5.55. The van der Waals surface area contributed by atoms with Gasteiger partial charge in [0.25, 0.3) is 0 Å². The van der Waals surface area contributed by atoms with Crippen molar-refractivity contribution in [2.45, 2.75) is 6.29 Å². The van der Waals surface area contributed by atoms with Crippen molar-refractivity contribution < 1.29 is 31.5 Å². The second-order valence-corrected chi connectivity index (χ2v) is 9.16. The Morgan fingerprint density at radius 2 is 1.85 bits per heavy atom. The number of ketones is 1. The van der Waals surface area contributed by atoms with Crippen LogP contribution >= 0.6 is 0 Å². The summed E-state index contributed by atoms with van der Waals surface area (Å²) in [5.41, 5.74) is 2.21. The highest BCUT2D eigenvalue weighted by Crippen LogP contribution is 2.44. The van der Waals surface area contributed by atoms with Crippen molar-refractivity contribution in [2.24, 2.45) is 0 Å². The molecule has 0 saturated carbocycles. The Bertz CT molecular complexity index is 1530. The van der Waals surface area contributed by atoms with E-state index in [0.29, 0.717) is 27.8 Å². The lowest BCUT2D eigenvalue weighted by molar-refractivity contribution is -0.286. The molecule has 2 aromatic carbocycles. The van der Waals surface area contributed by atoms with Crippen LogP contribution in [0.25, 0.3) is 22.2 Å². The van der Waals surface area contributed by atoms with Crippen LogP contribution < -0.4 is 14.2 Å². The number of para-hydroxylation sites is 1. The summed E-state index contributed by atoms with van der Waals surface area (Å²) in [6.45, 7) is 0. The standard InChI is InChI=1S/C22H15F2N3O5S/c1-33(29,30)27-14-5-2-4-12(8-14)13-9-16-17(11-26-21(16)25-10-13)19(28)15-6-3-7-18-20(15)32-22(23,24)31-18/h2-11,27H,1H3,(H,25,26). The summed E-state index contributed by atoms with van der Waals surface area (Å²) in [5.74, 6) is -1.10. The molecule has 1 aliphatic rings. The largest absolute Gasteiger partial charge is 0.586 e. The summed E-state index contributed by atoms with van der Waals surface area (Å²) in [4.78, 5) is 20.5. The van der Waals surface area contributed by atoms with Crippen LogP contribution in [-0.2, 0) is 10.0 Å². The number of rotatable bonds is 5. The number of benzene rings is 2. The summed E-state index contributed by atoms with van der Waals surface area (Å²) >= 11 is 0. The Labute approximate surface area is 186 Å². The van der Waals surface area contributed by atoms with Crippen LogP contribution in [0.4, 0.5) is 14.5 Å². The van der Waals surface area contributed by atoms with E-state index in [1.54, 1.807) is 36.5 Å². The van der Waals surface area contributed by atoms with Gasteiger partial charge in [0.1, 0.15) is 5.65 Å². The summed E-state index contributed by atoms with van der Waals surface area (Å²) in [5, 5.41) is 0.460. The van der Waals surface area contributed by atoms with Gasteiger partial charge >= 0.3 is 6.29 Å². The molecule has 0 spiro atoms. The molecule has 2 N–H and O–H groups in total. The first-order valence-electron chi connectivity index (χ1n) is 9.58. The van der Waals surface area contributed by atoms with Gasteiger partial charge in [-0.2, -0.15) is 0 Å². The van der Waals surface area contributed by atoms with Crippen molar-refractivity contribution in [1.82, 2.24) is 9.97 Å². The lowest BCUT2D eigenvalue weighted by Gasteiger charge is -2.08. The van der Waals surface area contributed by atoms with Crippen LogP contribution in [0.15, 0.2) is 60.9 Å². The molecule has 2 aromatic heterocycles.